The van der Waals surface area contributed by atoms with Crippen LogP contribution in [-0.4, -0.2) is 6.54 Å². The molecule has 2 heteroatoms. The number of aryl methyl sites for hydroxylation is 2. The third-order valence-electron chi connectivity index (χ3n) is 3.50. The average Bonchev–Trinajstić information content (AvgIpc) is 2.43. The minimum absolute atomic E-state index is 0.256. The van der Waals surface area contributed by atoms with Crippen LogP contribution < -0.4 is 5.32 Å². The van der Waals surface area contributed by atoms with Gasteiger partial charge in [0.05, 0.1) is 6.04 Å². The zero-order valence-corrected chi connectivity index (χ0v) is 14.0. The van der Waals surface area contributed by atoms with E-state index < -0.39 is 0 Å². The Bertz CT molecular complexity index is 577. The van der Waals surface area contributed by atoms with Crippen LogP contribution in [0.25, 0.3) is 0 Å². The number of hydrogen-bond acceptors (Lipinski definition) is 1. The van der Waals surface area contributed by atoms with Crippen LogP contribution in [0.15, 0.2) is 46.9 Å². The lowest BCUT2D eigenvalue weighted by atomic mass is 9.96. The molecule has 0 aromatic heterocycles. The third kappa shape index (κ3) is 3.71. The van der Waals surface area contributed by atoms with Crippen molar-refractivity contribution in [2.24, 2.45) is 0 Å². The molecule has 0 saturated carbocycles. The van der Waals surface area contributed by atoms with Crippen LogP contribution >= 0.6 is 15.9 Å². The normalized spacial score (nSPS) is 12.4. The largest absolute Gasteiger partial charge is 0.306 e. The molecule has 0 aliphatic carbocycles. The second kappa shape index (κ2) is 7.05. The first-order chi connectivity index (χ1) is 9.61. The Morgan fingerprint density at radius 2 is 1.80 bits per heavy atom. The molecule has 0 bridgehead atoms. The van der Waals surface area contributed by atoms with Crippen molar-refractivity contribution < 1.29 is 0 Å². The molecule has 20 heavy (non-hydrogen) atoms. The van der Waals surface area contributed by atoms with E-state index in [0.29, 0.717) is 0 Å². The average molecular weight is 332 g/mol. The summed E-state index contributed by atoms with van der Waals surface area (Å²) < 4.78 is 1.17. The smallest absolute Gasteiger partial charge is 0.0577 e. The molecular weight excluding hydrogens is 310 g/mol. The zero-order chi connectivity index (χ0) is 14.5. The Morgan fingerprint density at radius 1 is 1.05 bits per heavy atom. The lowest BCUT2D eigenvalue weighted by molar-refractivity contribution is 0.598. The van der Waals surface area contributed by atoms with Gasteiger partial charge in [-0.05, 0) is 49.6 Å². The second-order valence-electron chi connectivity index (χ2n) is 5.31. The summed E-state index contributed by atoms with van der Waals surface area (Å²) in [5, 5.41) is 3.66. The molecule has 0 fully saturated rings. The Kier molecular flexibility index (Phi) is 5.38. The molecule has 1 nitrogen and oxygen atoms in total. The summed E-state index contributed by atoms with van der Waals surface area (Å²) in [5.41, 5.74) is 5.21. The number of rotatable bonds is 5. The van der Waals surface area contributed by atoms with Crippen molar-refractivity contribution in [1.82, 2.24) is 5.32 Å². The van der Waals surface area contributed by atoms with Crippen molar-refractivity contribution in [3.8, 4) is 0 Å². The van der Waals surface area contributed by atoms with Crippen molar-refractivity contribution in [2.75, 3.05) is 6.54 Å². The van der Waals surface area contributed by atoms with E-state index in [9.17, 15) is 0 Å². The van der Waals surface area contributed by atoms with Gasteiger partial charge in [-0.3, -0.25) is 0 Å². The summed E-state index contributed by atoms with van der Waals surface area (Å²) >= 11 is 3.64. The van der Waals surface area contributed by atoms with Gasteiger partial charge in [0.15, 0.2) is 0 Å². The SMILES string of the molecule is CCCNC(c1cccc(C)c1)c1ccc(C)c(Br)c1. The molecule has 2 rings (SSSR count). The summed E-state index contributed by atoms with van der Waals surface area (Å²) in [6.07, 6.45) is 1.13. The molecule has 2 aromatic rings. The monoisotopic (exact) mass is 331 g/mol. The maximum absolute atomic E-state index is 3.66. The summed E-state index contributed by atoms with van der Waals surface area (Å²) in [4.78, 5) is 0. The van der Waals surface area contributed by atoms with E-state index in [1.165, 1.54) is 26.7 Å². The van der Waals surface area contributed by atoms with Crippen LogP contribution in [0.5, 0.6) is 0 Å². The summed E-state index contributed by atoms with van der Waals surface area (Å²) in [6.45, 7) is 7.48. The van der Waals surface area contributed by atoms with Gasteiger partial charge < -0.3 is 5.32 Å². The molecule has 0 heterocycles. The highest BCUT2D eigenvalue weighted by Crippen LogP contribution is 2.27. The van der Waals surface area contributed by atoms with Crippen LogP contribution in [0.2, 0.25) is 0 Å². The van der Waals surface area contributed by atoms with Gasteiger partial charge in [-0.15, -0.1) is 0 Å². The minimum atomic E-state index is 0.256. The molecule has 0 aliphatic heterocycles. The minimum Gasteiger partial charge on any atom is -0.306 e. The van der Waals surface area contributed by atoms with E-state index in [1.54, 1.807) is 0 Å². The maximum Gasteiger partial charge on any atom is 0.0577 e. The summed E-state index contributed by atoms with van der Waals surface area (Å²) in [6, 6.07) is 15.6. The first kappa shape index (κ1) is 15.3. The molecule has 0 aliphatic rings. The first-order valence-corrected chi connectivity index (χ1v) is 7.97. The van der Waals surface area contributed by atoms with E-state index in [0.717, 1.165) is 13.0 Å². The first-order valence-electron chi connectivity index (χ1n) is 7.18. The standard InChI is InChI=1S/C18H22BrN/c1-4-10-20-18(15-7-5-6-13(2)11-15)16-9-8-14(3)17(19)12-16/h5-9,11-12,18,20H,4,10H2,1-3H3. The van der Waals surface area contributed by atoms with Crippen molar-refractivity contribution in [3.63, 3.8) is 0 Å². The van der Waals surface area contributed by atoms with E-state index in [4.69, 9.17) is 0 Å². The fourth-order valence-electron chi connectivity index (χ4n) is 2.36. The second-order valence-corrected chi connectivity index (χ2v) is 6.16. The molecule has 1 unspecified atom stereocenters. The van der Waals surface area contributed by atoms with Crippen molar-refractivity contribution in [3.05, 3.63) is 69.2 Å². The van der Waals surface area contributed by atoms with Crippen molar-refractivity contribution in [1.29, 1.82) is 0 Å². The molecule has 106 valence electrons. The highest BCUT2D eigenvalue weighted by atomic mass is 79.9. The van der Waals surface area contributed by atoms with E-state index in [1.807, 2.05) is 0 Å². The Labute approximate surface area is 130 Å². The lowest BCUT2D eigenvalue weighted by Crippen LogP contribution is -2.23. The molecule has 2 aromatic carbocycles. The molecule has 1 N–H and O–H groups in total. The molecule has 0 spiro atoms. The maximum atomic E-state index is 3.66. The third-order valence-corrected chi connectivity index (χ3v) is 4.36. The van der Waals surface area contributed by atoms with Gasteiger partial charge in [-0.2, -0.15) is 0 Å². The number of hydrogen-bond donors (Lipinski definition) is 1. The lowest BCUT2D eigenvalue weighted by Gasteiger charge is -2.21. The van der Waals surface area contributed by atoms with Crippen LogP contribution in [0.3, 0.4) is 0 Å². The number of halogens is 1. The predicted octanol–water partition coefficient (Wildman–Crippen LogP) is 5.15. The van der Waals surface area contributed by atoms with Crippen LogP contribution in [0.1, 0.15) is 41.6 Å². The van der Waals surface area contributed by atoms with E-state index >= 15 is 0 Å². The van der Waals surface area contributed by atoms with E-state index in [-0.39, 0.29) is 6.04 Å². The van der Waals surface area contributed by atoms with Crippen LogP contribution in [0, 0.1) is 13.8 Å². The number of benzene rings is 2. The van der Waals surface area contributed by atoms with Gasteiger partial charge in [0.25, 0.3) is 0 Å². The zero-order valence-electron chi connectivity index (χ0n) is 12.4. The summed E-state index contributed by atoms with van der Waals surface area (Å²) in [7, 11) is 0. The van der Waals surface area contributed by atoms with Gasteiger partial charge >= 0.3 is 0 Å². The van der Waals surface area contributed by atoms with Crippen molar-refractivity contribution in [2.45, 2.75) is 33.2 Å². The van der Waals surface area contributed by atoms with Crippen LogP contribution in [0.4, 0.5) is 0 Å². The highest BCUT2D eigenvalue weighted by molar-refractivity contribution is 9.10. The fourth-order valence-corrected chi connectivity index (χ4v) is 2.75. The number of nitrogens with one attached hydrogen (secondary N) is 1. The predicted molar refractivity (Wildman–Crippen MR) is 90.2 cm³/mol. The highest BCUT2D eigenvalue weighted by Gasteiger charge is 2.14. The van der Waals surface area contributed by atoms with Gasteiger partial charge in [-0.25, -0.2) is 0 Å². The van der Waals surface area contributed by atoms with Gasteiger partial charge in [0.2, 0.25) is 0 Å². The molecular formula is C18H22BrN. The molecule has 0 saturated heterocycles. The van der Waals surface area contributed by atoms with Gasteiger partial charge in [0.1, 0.15) is 0 Å². The fraction of sp³-hybridized carbons (Fsp3) is 0.333. The van der Waals surface area contributed by atoms with Crippen molar-refractivity contribution >= 4 is 15.9 Å². The Hall–Kier alpha value is -1.12. The molecule has 0 amide bonds. The Balaban J connectivity index is 2.38. The molecule has 0 radical (unpaired) electrons. The quantitative estimate of drug-likeness (QED) is 0.798. The molecule has 1 atom stereocenters. The topological polar surface area (TPSA) is 12.0 Å². The van der Waals surface area contributed by atoms with E-state index in [2.05, 4.69) is 84.5 Å². The van der Waals surface area contributed by atoms with Crippen LogP contribution in [-0.2, 0) is 0 Å². The Morgan fingerprint density at radius 3 is 2.45 bits per heavy atom. The van der Waals surface area contributed by atoms with Gasteiger partial charge in [0, 0.05) is 4.47 Å². The van der Waals surface area contributed by atoms with Gasteiger partial charge in [-0.1, -0.05) is 64.8 Å². The summed E-state index contributed by atoms with van der Waals surface area (Å²) in [5.74, 6) is 0.